The zero-order valence-corrected chi connectivity index (χ0v) is 11.2. The van der Waals surface area contributed by atoms with Crippen LogP contribution in [0.15, 0.2) is 24.3 Å². The summed E-state index contributed by atoms with van der Waals surface area (Å²) in [4.78, 5) is 13.8. The van der Waals surface area contributed by atoms with Crippen molar-refractivity contribution in [3.63, 3.8) is 0 Å². The summed E-state index contributed by atoms with van der Waals surface area (Å²) in [6.45, 7) is 2.28. The number of hydrogen-bond donors (Lipinski definition) is 1. The second kappa shape index (κ2) is 5.22. The number of hydrogen-bond acceptors (Lipinski definition) is 3. The van der Waals surface area contributed by atoms with E-state index in [4.69, 9.17) is 0 Å². The molecular weight excluding hydrogens is 244 g/mol. The molecule has 1 unspecified atom stereocenters. The van der Waals surface area contributed by atoms with Crippen LogP contribution in [0.3, 0.4) is 0 Å². The van der Waals surface area contributed by atoms with E-state index in [1.54, 1.807) is 11.8 Å². The number of thioether (sulfide) groups is 1. The molecule has 0 bridgehead atoms. The minimum Gasteiger partial charge on any atom is -0.371 e. The average Bonchev–Trinajstić information content (AvgIpc) is 2.86. The number of piperidine rings is 1. The van der Waals surface area contributed by atoms with E-state index in [1.807, 2.05) is 0 Å². The predicted molar refractivity (Wildman–Crippen MR) is 75.8 cm³/mol. The predicted octanol–water partition coefficient (Wildman–Crippen LogP) is 2.54. The largest absolute Gasteiger partial charge is 0.371 e. The number of nitrogens with zero attached hydrogens (tertiary/aromatic N) is 1. The van der Waals surface area contributed by atoms with Crippen molar-refractivity contribution in [1.29, 1.82) is 0 Å². The molecule has 18 heavy (non-hydrogen) atoms. The Hall–Kier alpha value is -1.16. The minimum atomic E-state index is 0.135. The van der Waals surface area contributed by atoms with E-state index in [9.17, 15) is 4.79 Å². The summed E-state index contributed by atoms with van der Waals surface area (Å²) in [6.07, 6.45) is 3.89. The van der Waals surface area contributed by atoms with Gasteiger partial charge in [0.05, 0.1) is 5.75 Å². The van der Waals surface area contributed by atoms with Crippen LogP contribution in [0.4, 0.5) is 5.69 Å². The van der Waals surface area contributed by atoms with Gasteiger partial charge in [-0.15, -0.1) is 11.8 Å². The van der Waals surface area contributed by atoms with Crippen LogP contribution in [0.5, 0.6) is 0 Å². The smallest absolute Gasteiger partial charge is 0.231 e. The van der Waals surface area contributed by atoms with Gasteiger partial charge in [0.1, 0.15) is 5.37 Å². The molecule has 0 aromatic heterocycles. The zero-order chi connectivity index (χ0) is 12.4. The lowest BCUT2D eigenvalue weighted by Crippen LogP contribution is -2.31. The SMILES string of the molecule is O=C1CSC(c2ccccc2N2CCCCC2)N1. The molecule has 4 heteroatoms. The number of anilines is 1. The van der Waals surface area contributed by atoms with Crippen LogP contribution >= 0.6 is 11.8 Å². The number of rotatable bonds is 2. The molecule has 1 aromatic carbocycles. The van der Waals surface area contributed by atoms with Crippen molar-refractivity contribution >= 4 is 23.4 Å². The fourth-order valence-electron chi connectivity index (χ4n) is 2.69. The third-order valence-electron chi connectivity index (χ3n) is 3.59. The van der Waals surface area contributed by atoms with Crippen molar-refractivity contribution in [3.8, 4) is 0 Å². The highest BCUT2D eigenvalue weighted by Gasteiger charge is 2.26. The first kappa shape index (κ1) is 11.9. The van der Waals surface area contributed by atoms with E-state index in [-0.39, 0.29) is 11.3 Å². The van der Waals surface area contributed by atoms with Crippen LogP contribution < -0.4 is 10.2 Å². The number of amides is 1. The van der Waals surface area contributed by atoms with Gasteiger partial charge in [0.25, 0.3) is 0 Å². The number of nitrogens with one attached hydrogen (secondary N) is 1. The van der Waals surface area contributed by atoms with E-state index in [0.717, 1.165) is 13.1 Å². The Morgan fingerprint density at radius 3 is 2.67 bits per heavy atom. The van der Waals surface area contributed by atoms with Crippen LogP contribution in [0, 0.1) is 0 Å². The third-order valence-corrected chi connectivity index (χ3v) is 4.72. The van der Waals surface area contributed by atoms with Crippen molar-refractivity contribution in [2.45, 2.75) is 24.6 Å². The molecule has 1 amide bonds. The quantitative estimate of drug-likeness (QED) is 0.889. The van der Waals surface area contributed by atoms with Gasteiger partial charge in [-0.2, -0.15) is 0 Å². The molecule has 2 aliphatic heterocycles. The highest BCUT2D eigenvalue weighted by atomic mass is 32.2. The van der Waals surface area contributed by atoms with E-state index in [2.05, 4.69) is 34.5 Å². The van der Waals surface area contributed by atoms with Gasteiger partial charge < -0.3 is 10.2 Å². The molecule has 0 aliphatic carbocycles. The van der Waals surface area contributed by atoms with Gasteiger partial charge in [-0.1, -0.05) is 18.2 Å². The standard InChI is InChI=1S/C14H18N2OS/c17-13-10-18-14(15-13)11-6-2-3-7-12(11)16-8-4-1-5-9-16/h2-3,6-7,14H,1,4-5,8-10H2,(H,15,17). The number of carbonyl (C=O) groups excluding carboxylic acids is 1. The van der Waals surface area contributed by atoms with Crippen LogP contribution in [0.25, 0.3) is 0 Å². The number of para-hydroxylation sites is 1. The number of benzene rings is 1. The van der Waals surface area contributed by atoms with Gasteiger partial charge in [-0.3, -0.25) is 4.79 Å². The van der Waals surface area contributed by atoms with Gasteiger partial charge in [-0.05, 0) is 25.3 Å². The Balaban J connectivity index is 1.87. The fourth-order valence-corrected chi connectivity index (χ4v) is 3.68. The summed E-state index contributed by atoms with van der Waals surface area (Å²) in [5.74, 6) is 0.734. The van der Waals surface area contributed by atoms with Gasteiger partial charge in [0.15, 0.2) is 0 Å². The molecule has 1 atom stereocenters. The van der Waals surface area contributed by atoms with Crippen LogP contribution in [0.1, 0.15) is 30.2 Å². The first-order valence-corrected chi connectivity index (χ1v) is 7.64. The summed E-state index contributed by atoms with van der Waals surface area (Å²) >= 11 is 1.69. The van der Waals surface area contributed by atoms with Crippen molar-refractivity contribution in [2.75, 3.05) is 23.7 Å². The maximum atomic E-state index is 11.4. The Kier molecular flexibility index (Phi) is 3.46. The monoisotopic (exact) mass is 262 g/mol. The Morgan fingerprint density at radius 1 is 1.17 bits per heavy atom. The summed E-state index contributed by atoms with van der Waals surface area (Å²) in [5, 5.41) is 3.18. The summed E-state index contributed by atoms with van der Waals surface area (Å²) < 4.78 is 0. The molecule has 96 valence electrons. The fraction of sp³-hybridized carbons (Fsp3) is 0.500. The second-order valence-electron chi connectivity index (χ2n) is 4.87. The zero-order valence-electron chi connectivity index (χ0n) is 10.4. The van der Waals surface area contributed by atoms with Crippen LogP contribution in [-0.2, 0) is 4.79 Å². The molecule has 1 aromatic rings. The highest BCUT2D eigenvalue weighted by Crippen LogP contribution is 2.37. The molecule has 2 fully saturated rings. The van der Waals surface area contributed by atoms with Gasteiger partial charge in [0, 0.05) is 24.3 Å². The summed E-state index contributed by atoms with van der Waals surface area (Å²) in [5.41, 5.74) is 2.56. The lowest BCUT2D eigenvalue weighted by Gasteiger charge is -2.31. The molecule has 3 rings (SSSR count). The normalized spacial score (nSPS) is 24.1. The summed E-state index contributed by atoms with van der Waals surface area (Å²) in [7, 11) is 0. The molecule has 2 heterocycles. The lowest BCUT2D eigenvalue weighted by atomic mass is 10.1. The van der Waals surface area contributed by atoms with E-state index < -0.39 is 0 Å². The van der Waals surface area contributed by atoms with E-state index in [1.165, 1.54) is 30.5 Å². The van der Waals surface area contributed by atoms with E-state index in [0.29, 0.717) is 5.75 Å². The highest BCUT2D eigenvalue weighted by molar-refractivity contribution is 8.00. The van der Waals surface area contributed by atoms with E-state index >= 15 is 0 Å². The first-order chi connectivity index (χ1) is 8.84. The Bertz CT molecular complexity index is 443. The molecule has 0 saturated carbocycles. The van der Waals surface area contributed by atoms with Crippen molar-refractivity contribution in [1.82, 2.24) is 5.32 Å². The molecule has 0 radical (unpaired) electrons. The van der Waals surface area contributed by atoms with Gasteiger partial charge >= 0.3 is 0 Å². The Morgan fingerprint density at radius 2 is 1.94 bits per heavy atom. The first-order valence-electron chi connectivity index (χ1n) is 6.59. The maximum absolute atomic E-state index is 11.4. The number of carbonyl (C=O) groups is 1. The molecule has 2 saturated heterocycles. The molecule has 0 spiro atoms. The average molecular weight is 262 g/mol. The van der Waals surface area contributed by atoms with Crippen molar-refractivity contribution in [3.05, 3.63) is 29.8 Å². The lowest BCUT2D eigenvalue weighted by molar-refractivity contribution is -0.118. The topological polar surface area (TPSA) is 32.3 Å². The Labute approximate surface area is 112 Å². The third kappa shape index (κ3) is 2.34. The molecule has 3 nitrogen and oxygen atoms in total. The van der Waals surface area contributed by atoms with Crippen LogP contribution in [-0.4, -0.2) is 24.7 Å². The summed E-state index contributed by atoms with van der Waals surface area (Å²) in [6, 6.07) is 8.49. The minimum absolute atomic E-state index is 0.135. The van der Waals surface area contributed by atoms with Gasteiger partial charge in [-0.25, -0.2) is 0 Å². The van der Waals surface area contributed by atoms with Crippen LogP contribution in [0.2, 0.25) is 0 Å². The molecular formula is C14H18N2OS. The van der Waals surface area contributed by atoms with Crippen molar-refractivity contribution < 1.29 is 4.79 Å². The molecule has 2 aliphatic rings. The maximum Gasteiger partial charge on any atom is 0.231 e. The molecule has 1 N–H and O–H groups in total. The second-order valence-corrected chi connectivity index (χ2v) is 5.96. The van der Waals surface area contributed by atoms with Crippen molar-refractivity contribution in [2.24, 2.45) is 0 Å². The van der Waals surface area contributed by atoms with Gasteiger partial charge in [0.2, 0.25) is 5.91 Å².